The van der Waals surface area contributed by atoms with Crippen LogP contribution in [0.15, 0.2) is 18.2 Å². The van der Waals surface area contributed by atoms with E-state index in [4.69, 9.17) is 22.4 Å². The molecule has 1 aromatic rings. The summed E-state index contributed by atoms with van der Waals surface area (Å²) in [4.78, 5) is 0. The van der Waals surface area contributed by atoms with Crippen LogP contribution in [-0.4, -0.2) is 17.0 Å². The zero-order valence-corrected chi connectivity index (χ0v) is 9.61. The monoisotopic (exact) mass is 231 g/mol. The summed E-state index contributed by atoms with van der Waals surface area (Å²) < 4.78 is 0. The van der Waals surface area contributed by atoms with Crippen molar-refractivity contribution in [2.24, 2.45) is 0 Å². The molecule has 0 fully saturated rings. The molecule has 0 aliphatic carbocycles. The SMILES string of the molecule is CC(CO)SCc1ccc(Cl)c(N)c1. The van der Waals surface area contributed by atoms with E-state index in [0.717, 1.165) is 11.3 Å². The molecular weight excluding hydrogens is 218 g/mol. The van der Waals surface area contributed by atoms with E-state index in [0.29, 0.717) is 10.7 Å². The quantitative estimate of drug-likeness (QED) is 0.783. The van der Waals surface area contributed by atoms with Gasteiger partial charge >= 0.3 is 0 Å². The molecule has 1 aromatic carbocycles. The normalized spacial score (nSPS) is 12.8. The van der Waals surface area contributed by atoms with Crippen molar-refractivity contribution < 1.29 is 5.11 Å². The number of hydrogen-bond donors (Lipinski definition) is 2. The van der Waals surface area contributed by atoms with E-state index in [9.17, 15) is 0 Å². The fourth-order valence-electron chi connectivity index (χ4n) is 0.974. The molecule has 1 rings (SSSR count). The molecule has 4 heteroatoms. The molecule has 0 saturated heterocycles. The largest absolute Gasteiger partial charge is 0.398 e. The Balaban J connectivity index is 2.55. The number of anilines is 1. The summed E-state index contributed by atoms with van der Waals surface area (Å²) in [5, 5.41) is 9.69. The molecule has 14 heavy (non-hydrogen) atoms. The number of aliphatic hydroxyl groups is 1. The standard InChI is InChI=1S/C10H14ClNOS/c1-7(5-13)14-6-8-2-3-9(11)10(12)4-8/h2-4,7,13H,5-6,12H2,1H3. The van der Waals surface area contributed by atoms with E-state index in [2.05, 4.69) is 0 Å². The Kier molecular flexibility index (Phi) is 4.58. The number of halogens is 1. The van der Waals surface area contributed by atoms with Gasteiger partial charge in [-0.25, -0.2) is 0 Å². The molecule has 0 aliphatic heterocycles. The predicted molar refractivity (Wildman–Crippen MR) is 63.7 cm³/mol. The lowest BCUT2D eigenvalue weighted by Gasteiger charge is -2.08. The third-order valence-corrected chi connectivity index (χ3v) is 3.41. The molecule has 0 amide bonds. The fraction of sp³-hybridized carbons (Fsp3) is 0.400. The summed E-state index contributed by atoms with van der Waals surface area (Å²) in [5.74, 6) is 0.850. The van der Waals surface area contributed by atoms with Crippen LogP contribution < -0.4 is 5.73 Å². The highest BCUT2D eigenvalue weighted by Crippen LogP contribution is 2.23. The Morgan fingerprint density at radius 3 is 2.86 bits per heavy atom. The minimum absolute atomic E-state index is 0.202. The molecule has 78 valence electrons. The number of aliphatic hydroxyl groups excluding tert-OH is 1. The van der Waals surface area contributed by atoms with Crippen molar-refractivity contribution in [3.63, 3.8) is 0 Å². The van der Waals surface area contributed by atoms with E-state index >= 15 is 0 Å². The lowest BCUT2D eigenvalue weighted by molar-refractivity contribution is 0.300. The van der Waals surface area contributed by atoms with Gasteiger partial charge in [-0.2, -0.15) is 11.8 Å². The second-order valence-electron chi connectivity index (χ2n) is 3.16. The highest BCUT2D eigenvalue weighted by Gasteiger charge is 2.02. The van der Waals surface area contributed by atoms with Gasteiger partial charge in [-0.05, 0) is 17.7 Å². The van der Waals surface area contributed by atoms with Crippen molar-refractivity contribution in [3.8, 4) is 0 Å². The van der Waals surface area contributed by atoms with Crippen LogP contribution in [0.1, 0.15) is 12.5 Å². The Morgan fingerprint density at radius 2 is 2.29 bits per heavy atom. The van der Waals surface area contributed by atoms with Gasteiger partial charge in [-0.15, -0.1) is 0 Å². The van der Waals surface area contributed by atoms with E-state index in [-0.39, 0.29) is 11.9 Å². The molecule has 1 unspecified atom stereocenters. The van der Waals surface area contributed by atoms with Gasteiger partial charge in [0, 0.05) is 11.0 Å². The minimum atomic E-state index is 0.202. The van der Waals surface area contributed by atoms with Crippen LogP contribution in [0.2, 0.25) is 5.02 Å². The van der Waals surface area contributed by atoms with E-state index < -0.39 is 0 Å². The van der Waals surface area contributed by atoms with Gasteiger partial charge in [-0.3, -0.25) is 0 Å². The number of nitrogen functional groups attached to an aromatic ring is 1. The molecule has 0 aliphatic rings. The summed E-state index contributed by atoms with van der Waals surface area (Å²) >= 11 is 7.49. The average Bonchev–Trinajstić information content (AvgIpc) is 2.19. The van der Waals surface area contributed by atoms with Crippen LogP contribution >= 0.6 is 23.4 Å². The molecule has 0 spiro atoms. The number of nitrogens with two attached hydrogens (primary N) is 1. The third-order valence-electron chi connectivity index (χ3n) is 1.85. The fourth-order valence-corrected chi connectivity index (χ4v) is 1.85. The van der Waals surface area contributed by atoms with Gasteiger partial charge in [-0.1, -0.05) is 24.6 Å². The minimum Gasteiger partial charge on any atom is -0.398 e. The van der Waals surface area contributed by atoms with E-state index in [1.165, 1.54) is 0 Å². The Hall–Kier alpha value is -0.380. The summed E-state index contributed by atoms with van der Waals surface area (Å²) in [5.41, 5.74) is 7.42. The smallest absolute Gasteiger partial charge is 0.0635 e. The second kappa shape index (κ2) is 5.49. The average molecular weight is 232 g/mol. The van der Waals surface area contributed by atoms with Crippen LogP contribution in [0.25, 0.3) is 0 Å². The lowest BCUT2D eigenvalue weighted by atomic mass is 10.2. The highest BCUT2D eigenvalue weighted by atomic mass is 35.5. The van der Waals surface area contributed by atoms with Gasteiger partial charge in [0.25, 0.3) is 0 Å². The van der Waals surface area contributed by atoms with Gasteiger partial charge in [0.1, 0.15) is 0 Å². The molecular formula is C10H14ClNOS. The molecule has 0 saturated carbocycles. The Labute approximate surface area is 93.5 Å². The zero-order chi connectivity index (χ0) is 10.6. The number of benzene rings is 1. The van der Waals surface area contributed by atoms with E-state index in [1.54, 1.807) is 17.8 Å². The first-order valence-electron chi connectivity index (χ1n) is 4.40. The topological polar surface area (TPSA) is 46.2 Å². The van der Waals surface area contributed by atoms with Crippen LogP contribution in [-0.2, 0) is 5.75 Å². The molecule has 0 bridgehead atoms. The van der Waals surface area contributed by atoms with Crippen molar-refractivity contribution in [2.75, 3.05) is 12.3 Å². The molecule has 0 radical (unpaired) electrons. The van der Waals surface area contributed by atoms with Crippen LogP contribution in [0.4, 0.5) is 5.69 Å². The summed E-state index contributed by atoms with van der Waals surface area (Å²) in [6.45, 7) is 2.19. The molecule has 3 N–H and O–H groups in total. The molecule has 0 aromatic heterocycles. The zero-order valence-electron chi connectivity index (χ0n) is 8.03. The first-order valence-corrected chi connectivity index (χ1v) is 5.82. The number of hydrogen-bond acceptors (Lipinski definition) is 3. The van der Waals surface area contributed by atoms with Crippen molar-refractivity contribution in [3.05, 3.63) is 28.8 Å². The van der Waals surface area contributed by atoms with Crippen molar-refractivity contribution in [2.45, 2.75) is 17.9 Å². The van der Waals surface area contributed by atoms with Crippen LogP contribution in [0, 0.1) is 0 Å². The van der Waals surface area contributed by atoms with Crippen LogP contribution in [0.3, 0.4) is 0 Å². The lowest BCUT2D eigenvalue weighted by Crippen LogP contribution is -2.02. The molecule has 0 heterocycles. The van der Waals surface area contributed by atoms with Gasteiger partial charge in [0.2, 0.25) is 0 Å². The maximum absolute atomic E-state index is 8.84. The number of rotatable bonds is 4. The predicted octanol–water partition coefficient (Wildman–Crippen LogP) is 2.54. The maximum Gasteiger partial charge on any atom is 0.0635 e. The summed E-state index contributed by atoms with van der Waals surface area (Å²) in [6, 6.07) is 5.63. The molecule has 2 nitrogen and oxygen atoms in total. The van der Waals surface area contributed by atoms with Gasteiger partial charge in [0.15, 0.2) is 0 Å². The summed E-state index contributed by atoms with van der Waals surface area (Å²) in [7, 11) is 0. The first kappa shape index (κ1) is 11.7. The van der Waals surface area contributed by atoms with Crippen molar-refractivity contribution >= 4 is 29.1 Å². The van der Waals surface area contributed by atoms with E-state index in [1.807, 2.05) is 19.1 Å². The number of thioether (sulfide) groups is 1. The highest BCUT2D eigenvalue weighted by molar-refractivity contribution is 7.99. The van der Waals surface area contributed by atoms with Gasteiger partial charge < -0.3 is 10.8 Å². The van der Waals surface area contributed by atoms with Crippen molar-refractivity contribution in [1.29, 1.82) is 0 Å². The first-order chi connectivity index (χ1) is 6.63. The van der Waals surface area contributed by atoms with Crippen LogP contribution in [0.5, 0.6) is 0 Å². The summed E-state index contributed by atoms with van der Waals surface area (Å²) in [6.07, 6.45) is 0. The maximum atomic E-state index is 8.84. The van der Waals surface area contributed by atoms with Gasteiger partial charge in [0.05, 0.1) is 17.3 Å². The molecule has 1 atom stereocenters. The van der Waals surface area contributed by atoms with Crippen molar-refractivity contribution in [1.82, 2.24) is 0 Å². The Morgan fingerprint density at radius 1 is 1.57 bits per heavy atom. The second-order valence-corrected chi connectivity index (χ2v) is 4.99. The third kappa shape index (κ3) is 3.40. The Bertz CT molecular complexity index is 306.